The van der Waals surface area contributed by atoms with E-state index in [0.29, 0.717) is 19.7 Å². The third-order valence-corrected chi connectivity index (χ3v) is 4.74. The molecule has 1 aromatic carbocycles. The van der Waals surface area contributed by atoms with E-state index in [1.165, 1.54) is 20.3 Å². The SMILES string of the molecule is COc1ccc(C[NH+]2CC[NH+](CC(=O)N3CCOC3=O)CC2)cc1. The maximum atomic E-state index is 12.1. The molecule has 2 amide bonds. The molecule has 0 saturated carbocycles. The van der Waals surface area contributed by atoms with Crippen molar-refractivity contribution in [3.63, 3.8) is 0 Å². The first-order valence-corrected chi connectivity index (χ1v) is 8.43. The molecule has 130 valence electrons. The van der Waals surface area contributed by atoms with Gasteiger partial charge in [-0.15, -0.1) is 0 Å². The van der Waals surface area contributed by atoms with Crippen LogP contribution in [0.15, 0.2) is 24.3 Å². The van der Waals surface area contributed by atoms with Crippen LogP contribution in [0.5, 0.6) is 5.75 Å². The molecule has 0 radical (unpaired) electrons. The molecule has 24 heavy (non-hydrogen) atoms. The maximum Gasteiger partial charge on any atom is 0.416 e. The number of cyclic esters (lactones) is 1. The van der Waals surface area contributed by atoms with Crippen LogP contribution in [0.2, 0.25) is 0 Å². The van der Waals surface area contributed by atoms with E-state index in [0.717, 1.165) is 38.5 Å². The van der Waals surface area contributed by atoms with Gasteiger partial charge in [0, 0.05) is 5.56 Å². The predicted molar refractivity (Wildman–Crippen MR) is 86.0 cm³/mol. The van der Waals surface area contributed by atoms with Crippen LogP contribution < -0.4 is 14.5 Å². The Balaban J connectivity index is 1.43. The van der Waals surface area contributed by atoms with Gasteiger partial charge in [0.05, 0.1) is 13.7 Å². The van der Waals surface area contributed by atoms with Gasteiger partial charge in [0.2, 0.25) is 0 Å². The summed E-state index contributed by atoms with van der Waals surface area (Å²) in [5.41, 5.74) is 1.30. The first-order chi connectivity index (χ1) is 11.7. The molecule has 2 fully saturated rings. The summed E-state index contributed by atoms with van der Waals surface area (Å²) in [7, 11) is 1.67. The Morgan fingerprint density at radius 1 is 1.17 bits per heavy atom. The number of carbonyl (C=O) groups excluding carboxylic acids is 2. The van der Waals surface area contributed by atoms with E-state index in [9.17, 15) is 9.59 Å². The molecule has 0 bridgehead atoms. The van der Waals surface area contributed by atoms with E-state index in [4.69, 9.17) is 9.47 Å². The number of nitrogens with zero attached hydrogens (tertiary/aromatic N) is 1. The van der Waals surface area contributed by atoms with Crippen LogP contribution in [0.25, 0.3) is 0 Å². The summed E-state index contributed by atoms with van der Waals surface area (Å²) in [6.07, 6.45) is -0.497. The third kappa shape index (κ3) is 4.04. The summed E-state index contributed by atoms with van der Waals surface area (Å²) in [6, 6.07) is 8.19. The Labute approximate surface area is 141 Å². The summed E-state index contributed by atoms with van der Waals surface area (Å²) < 4.78 is 10.0. The fourth-order valence-corrected chi connectivity index (χ4v) is 3.27. The van der Waals surface area contributed by atoms with Crippen LogP contribution in [0.3, 0.4) is 0 Å². The number of nitrogens with one attached hydrogen (secondary N) is 2. The van der Waals surface area contributed by atoms with E-state index in [-0.39, 0.29) is 5.91 Å². The van der Waals surface area contributed by atoms with Crippen LogP contribution in [0.1, 0.15) is 5.56 Å². The van der Waals surface area contributed by atoms with Crippen LogP contribution in [0, 0.1) is 0 Å². The highest BCUT2D eigenvalue weighted by molar-refractivity contribution is 5.93. The number of hydrogen-bond acceptors (Lipinski definition) is 4. The monoisotopic (exact) mass is 335 g/mol. The number of imide groups is 1. The Morgan fingerprint density at radius 3 is 2.42 bits per heavy atom. The standard InChI is InChI=1S/C17H23N3O4/c1-23-15-4-2-14(3-5-15)12-18-6-8-19(9-7-18)13-16(21)20-10-11-24-17(20)22/h2-5H,6-13H2,1H3/p+2. The van der Waals surface area contributed by atoms with Gasteiger partial charge in [-0.25, -0.2) is 9.69 Å². The van der Waals surface area contributed by atoms with Crippen LogP contribution in [-0.4, -0.2) is 69.9 Å². The summed E-state index contributed by atoms with van der Waals surface area (Å²) in [4.78, 5) is 27.6. The minimum atomic E-state index is -0.497. The minimum Gasteiger partial charge on any atom is -0.497 e. The normalized spacial score (nSPS) is 23.9. The summed E-state index contributed by atoms with van der Waals surface area (Å²) in [5.74, 6) is 0.757. The number of methoxy groups -OCH3 is 1. The highest BCUT2D eigenvalue weighted by atomic mass is 16.6. The zero-order valence-electron chi connectivity index (χ0n) is 14.0. The number of piperazine rings is 1. The van der Waals surface area contributed by atoms with Crippen molar-refractivity contribution < 1.29 is 28.9 Å². The average Bonchev–Trinajstić information content (AvgIpc) is 3.03. The molecular weight excluding hydrogens is 310 g/mol. The molecule has 2 N–H and O–H groups in total. The van der Waals surface area contributed by atoms with E-state index in [1.54, 1.807) is 7.11 Å². The van der Waals surface area contributed by atoms with Gasteiger partial charge in [0.1, 0.15) is 45.1 Å². The minimum absolute atomic E-state index is 0.119. The lowest BCUT2D eigenvalue weighted by molar-refractivity contribution is -1.02. The lowest BCUT2D eigenvalue weighted by atomic mass is 10.2. The van der Waals surface area contributed by atoms with Crippen molar-refractivity contribution in [2.75, 3.05) is 53.0 Å². The van der Waals surface area contributed by atoms with Gasteiger partial charge in [0.15, 0.2) is 6.54 Å². The van der Waals surface area contributed by atoms with Crippen molar-refractivity contribution in [2.45, 2.75) is 6.54 Å². The Morgan fingerprint density at radius 2 is 1.83 bits per heavy atom. The lowest BCUT2D eigenvalue weighted by Crippen LogP contribution is -3.28. The summed E-state index contributed by atoms with van der Waals surface area (Å²) >= 11 is 0. The molecule has 3 rings (SSSR count). The molecule has 0 unspecified atom stereocenters. The Bertz CT molecular complexity index is 582. The van der Waals surface area contributed by atoms with Gasteiger partial charge < -0.3 is 19.3 Å². The Hall–Kier alpha value is -2.12. The number of rotatable bonds is 5. The number of ether oxygens (including phenoxy) is 2. The molecule has 7 nitrogen and oxygen atoms in total. The van der Waals surface area contributed by atoms with Crippen molar-refractivity contribution in [1.82, 2.24) is 4.90 Å². The predicted octanol–water partition coefficient (Wildman–Crippen LogP) is -2.04. The zero-order valence-corrected chi connectivity index (χ0v) is 14.0. The van der Waals surface area contributed by atoms with E-state index >= 15 is 0 Å². The molecule has 2 saturated heterocycles. The molecule has 1 aromatic rings. The first-order valence-electron chi connectivity index (χ1n) is 8.43. The second-order valence-corrected chi connectivity index (χ2v) is 6.36. The van der Waals surface area contributed by atoms with Crippen molar-refractivity contribution in [1.29, 1.82) is 0 Å². The van der Waals surface area contributed by atoms with Gasteiger partial charge in [-0.1, -0.05) is 0 Å². The average molecular weight is 335 g/mol. The smallest absolute Gasteiger partial charge is 0.416 e. The van der Waals surface area contributed by atoms with Gasteiger partial charge in [-0.3, -0.25) is 4.79 Å². The second-order valence-electron chi connectivity index (χ2n) is 6.36. The van der Waals surface area contributed by atoms with Crippen molar-refractivity contribution in [3.05, 3.63) is 29.8 Å². The summed E-state index contributed by atoms with van der Waals surface area (Å²) in [5, 5.41) is 0. The molecule has 2 aliphatic rings. The second kappa shape index (κ2) is 7.63. The topological polar surface area (TPSA) is 64.7 Å². The number of benzene rings is 1. The quantitative estimate of drug-likeness (QED) is 0.651. The fraction of sp³-hybridized carbons (Fsp3) is 0.529. The maximum absolute atomic E-state index is 12.1. The van der Waals surface area contributed by atoms with Gasteiger partial charge in [-0.2, -0.15) is 0 Å². The van der Waals surface area contributed by atoms with Gasteiger partial charge >= 0.3 is 6.09 Å². The molecule has 0 spiro atoms. The van der Waals surface area contributed by atoms with Crippen molar-refractivity contribution in [3.8, 4) is 5.75 Å². The third-order valence-electron chi connectivity index (χ3n) is 4.74. The lowest BCUT2D eigenvalue weighted by Gasteiger charge is -2.29. The van der Waals surface area contributed by atoms with Gasteiger partial charge in [0.25, 0.3) is 5.91 Å². The first kappa shape index (κ1) is 16.7. The highest BCUT2D eigenvalue weighted by Crippen LogP contribution is 2.10. The largest absolute Gasteiger partial charge is 0.497 e. The highest BCUT2D eigenvalue weighted by Gasteiger charge is 2.32. The van der Waals surface area contributed by atoms with E-state index < -0.39 is 6.09 Å². The van der Waals surface area contributed by atoms with Crippen LogP contribution in [0.4, 0.5) is 4.79 Å². The fourth-order valence-electron chi connectivity index (χ4n) is 3.27. The van der Waals surface area contributed by atoms with E-state index in [1.807, 2.05) is 12.1 Å². The van der Waals surface area contributed by atoms with Crippen LogP contribution in [-0.2, 0) is 16.1 Å². The van der Waals surface area contributed by atoms with E-state index in [2.05, 4.69) is 12.1 Å². The molecule has 2 heterocycles. The number of carbonyl (C=O) groups is 2. The summed E-state index contributed by atoms with van der Waals surface area (Å²) in [6.45, 7) is 6.02. The van der Waals surface area contributed by atoms with Crippen LogP contribution >= 0.6 is 0 Å². The van der Waals surface area contributed by atoms with Gasteiger partial charge in [-0.05, 0) is 24.3 Å². The number of amides is 2. The molecule has 2 aliphatic heterocycles. The van der Waals surface area contributed by atoms with Crippen molar-refractivity contribution in [2.24, 2.45) is 0 Å². The molecule has 0 aromatic heterocycles. The number of quaternary nitrogens is 2. The Kier molecular flexibility index (Phi) is 5.32. The zero-order chi connectivity index (χ0) is 16.9. The molecule has 7 heteroatoms. The molecular formula is C17H25N3O4+2. The number of hydrogen-bond donors (Lipinski definition) is 2. The van der Waals surface area contributed by atoms with Crippen molar-refractivity contribution >= 4 is 12.0 Å². The molecule has 0 atom stereocenters. The molecule has 0 aliphatic carbocycles.